The summed E-state index contributed by atoms with van der Waals surface area (Å²) in [7, 11) is 0. The highest BCUT2D eigenvalue weighted by Crippen LogP contribution is 2.13. The molecule has 1 heterocycles. The topological polar surface area (TPSA) is 53.1 Å². The minimum absolute atomic E-state index is 0.126. The lowest BCUT2D eigenvalue weighted by atomic mass is 10.1. The van der Waals surface area contributed by atoms with Crippen LogP contribution in [0.2, 0.25) is 0 Å². The lowest BCUT2D eigenvalue weighted by Gasteiger charge is -2.01. The fraction of sp³-hybridized carbons (Fsp3) is 0.500. The van der Waals surface area contributed by atoms with Gasteiger partial charge in [0.25, 0.3) is 5.56 Å². The largest absolute Gasteiger partial charge is 0.503 e. The molecule has 0 aliphatic rings. The van der Waals surface area contributed by atoms with E-state index in [-0.39, 0.29) is 5.75 Å². The molecule has 0 atom stereocenters. The van der Waals surface area contributed by atoms with Crippen LogP contribution >= 0.6 is 0 Å². The Hall–Kier alpha value is -1.25. The lowest BCUT2D eigenvalue weighted by molar-refractivity contribution is 0.457. The summed E-state index contributed by atoms with van der Waals surface area (Å²) >= 11 is 0. The molecule has 1 rings (SSSR count). The molecule has 0 bridgehead atoms. The smallest absolute Gasteiger partial charge is 0.290 e. The van der Waals surface area contributed by atoms with Gasteiger partial charge in [0, 0.05) is 11.8 Å². The number of nitrogens with one attached hydrogen (secondary N) is 1. The Kier molecular flexibility index (Phi) is 3.55. The fourth-order valence-electron chi connectivity index (χ4n) is 1.28. The zero-order valence-electron chi connectivity index (χ0n) is 7.84. The Balaban J connectivity index is 2.66. The van der Waals surface area contributed by atoms with Crippen LogP contribution in [0.4, 0.5) is 0 Å². The van der Waals surface area contributed by atoms with Gasteiger partial charge in [0.05, 0.1) is 0 Å². The summed E-state index contributed by atoms with van der Waals surface area (Å²) < 4.78 is 0. The molecule has 2 N–H and O–H groups in total. The Morgan fingerprint density at radius 2 is 2.23 bits per heavy atom. The molecule has 0 amide bonds. The molecule has 3 heteroatoms. The van der Waals surface area contributed by atoms with Gasteiger partial charge in [-0.2, -0.15) is 0 Å². The third-order valence-corrected chi connectivity index (χ3v) is 2.07. The summed E-state index contributed by atoms with van der Waals surface area (Å²) in [5.74, 6) is -0.126. The zero-order chi connectivity index (χ0) is 9.68. The summed E-state index contributed by atoms with van der Waals surface area (Å²) in [5, 5.41) is 9.35. The quantitative estimate of drug-likeness (QED) is 0.696. The highest BCUT2D eigenvalue weighted by atomic mass is 16.3. The first-order valence-electron chi connectivity index (χ1n) is 4.65. The van der Waals surface area contributed by atoms with Gasteiger partial charge in [-0.1, -0.05) is 19.8 Å². The summed E-state index contributed by atoms with van der Waals surface area (Å²) in [4.78, 5) is 13.4. The Bertz CT molecular complexity index is 317. The van der Waals surface area contributed by atoms with Crippen LogP contribution in [-0.2, 0) is 6.42 Å². The van der Waals surface area contributed by atoms with E-state index in [9.17, 15) is 9.90 Å². The molecule has 0 saturated heterocycles. The molecular weight excluding hydrogens is 166 g/mol. The van der Waals surface area contributed by atoms with E-state index in [4.69, 9.17) is 0 Å². The van der Waals surface area contributed by atoms with Crippen LogP contribution < -0.4 is 5.56 Å². The Labute approximate surface area is 77.4 Å². The Morgan fingerprint density at radius 1 is 1.46 bits per heavy atom. The normalized spacial score (nSPS) is 10.2. The summed E-state index contributed by atoms with van der Waals surface area (Å²) in [6.07, 6.45) is 5.65. The van der Waals surface area contributed by atoms with Gasteiger partial charge < -0.3 is 10.1 Å². The van der Waals surface area contributed by atoms with Crippen molar-refractivity contribution in [2.45, 2.75) is 32.6 Å². The predicted octanol–water partition coefficient (Wildman–Crippen LogP) is 1.81. The first-order chi connectivity index (χ1) is 6.25. The molecule has 0 spiro atoms. The average Bonchev–Trinajstić information content (AvgIpc) is 2.13. The molecule has 0 unspecified atom stereocenters. The van der Waals surface area contributed by atoms with Crippen molar-refractivity contribution in [1.82, 2.24) is 4.98 Å². The highest BCUT2D eigenvalue weighted by Gasteiger charge is 2.03. The summed E-state index contributed by atoms with van der Waals surface area (Å²) in [5.41, 5.74) is 0.353. The first-order valence-corrected chi connectivity index (χ1v) is 4.65. The zero-order valence-corrected chi connectivity index (χ0v) is 7.84. The molecule has 0 saturated carbocycles. The van der Waals surface area contributed by atoms with Crippen LogP contribution in [0.5, 0.6) is 5.75 Å². The maximum absolute atomic E-state index is 11.0. The Morgan fingerprint density at radius 3 is 2.92 bits per heavy atom. The standard InChI is InChI=1S/C10H15NO2/c1-2-3-4-5-8-6-7-11-10(13)9(8)12/h6-7,12H,2-5H2,1H3,(H,11,13). The molecule has 0 fully saturated rings. The van der Waals surface area contributed by atoms with Gasteiger partial charge in [0.1, 0.15) is 0 Å². The second-order valence-electron chi connectivity index (χ2n) is 3.14. The van der Waals surface area contributed by atoms with Gasteiger partial charge >= 0.3 is 0 Å². The molecule has 3 nitrogen and oxygen atoms in total. The number of hydrogen-bond acceptors (Lipinski definition) is 2. The van der Waals surface area contributed by atoms with Crippen molar-refractivity contribution < 1.29 is 5.11 Å². The van der Waals surface area contributed by atoms with E-state index >= 15 is 0 Å². The van der Waals surface area contributed by atoms with Gasteiger partial charge in [0.15, 0.2) is 5.75 Å². The number of pyridine rings is 1. The van der Waals surface area contributed by atoms with E-state index in [1.165, 1.54) is 0 Å². The second kappa shape index (κ2) is 4.70. The molecule has 1 aromatic heterocycles. The fourth-order valence-corrected chi connectivity index (χ4v) is 1.28. The van der Waals surface area contributed by atoms with E-state index in [2.05, 4.69) is 11.9 Å². The van der Waals surface area contributed by atoms with Crippen LogP contribution in [0.1, 0.15) is 31.7 Å². The molecule has 0 aliphatic carbocycles. The second-order valence-corrected chi connectivity index (χ2v) is 3.14. The van der Waals surface area contributed by atoms with Crippen LogP contribution in [0.15, 0.2) is 17.1 Å². The molecule has 13 heavy (non-hydrogen) atoms. The molecular formula is C10H15NO2. The van der Waals surface area contributed by atoms with Crippen LogP contribution in [0, 0.1) is 0 Å². The van der Waals surface area contributed by atoms with Crippen LogP contribution in [0.25, 0.3) is 0 Å². The number of hydrogen-bond donors (Lipinski definition) is 2. The molecule has 72 valence electrons. The third kappa shape index (κ3) is 2.61. The third-order valence-electron chi connectivity index (χ3n) is 2.07. The molecule has 1 aromatic rings. The van der Waals surface area contributed by atoms with Gasteiger partial charge in [-0.25, -0.2) is 0 Å². The SMILES string of the molecule is CCCCCc1cc[nH]c(=O)c1O. The van der Waals surface area contributed by atoms with E-state index in [0.717, 1.165) is 31.2 Å². The molecule has 0 aliphatic heterocycles. The number of aromatic nitrogens is 1. The first kappa shape index (κ1) is 9.84. The minimum Gasteiger partial charge on any atom is -0.503 e. The maximum atomic E-state index is 11.0. The van der Waals surface area contributed by atoms with Gasteiger partial charge in [-0.15, -0.1) is 0 Å². The van der Waals surface area contributed by atoms with E-state index in [1.54, 1.807) is 12.3 Å². The monoisotopic (exact) mass is 181 g/mol. The number of rotatable bonds is 4. The van der Waals surface area contributed by atoms with Crippen molar-refractivity contribution in [3.63, 3.8) is 0 Å². The van der Waals surface area contributed by atoms with Crippen molar-refractivity contribution in [1.29, 1.82) is 0 Å². The van der Waals surface area contributed by atoms with Crippen molar-refractivity contribution in [3.05, 3.63) is 28.2 Å². The summed E-state index contributed by atoms with van der Waals surface area (Å²) in [6, 6.07) is 1.76. The molecule has 0 radical (unpaired) electrons. The van der Waals surface area contributed by atoms with Crippen molar-refractivity contribution in [2.24, 2.45) is 0 Å². The number of aromatic hydroxyl groups is 1. The maximum Gasteiger partial charge on any atom is 0.290 e. The van der Waals surface area contributed by atoms with E-state index in [1.807, 2.05) is 0 Å². The summed E-state index contributed by atoms with van der Waals surface area (Å²) in [6.45, 7) is 2.12. The van der Waals surface area contributed by atoms with Crippen LogP contribution in [0.3, 0.4) is 0 Å². The average molecular weight is 181 g/mol. The van der Waals surface area contributed by atoms with Gasteiger partial charge in [0.2, 0.25) is 0 Å². The number of aryl methyl sites for hydroxylation is 1. The van der Waals surface area contributed by atoms with Crippen molar-refractivity contribution in [3.8, 4) is 5.75 Å². The number of unbranched alkanes of at least 4 members (excludes halogenated alkanes) is 2. The lowest BCUT2D eigenvalue weighted by Crippen LogP contribution is -2.06. The van der Waals surface area contributed by atoms with E-state index in [0.29, 0.717) is 0 Å². The van der Waals surface area contributed by atoms with E-state index < -0.39 is 5.56 Å². The highest BCUT2D eigenvalue weighted by molar-refractivity contribution is 5.28. The predicted molar refractivity (Wildman–Crippen MR) is 52.0 cm³/mol. The van der Waals surface area contributed by atoms with Gasteiger partial charge in [-0.3, -0.25) is 4.79 Å². The number of H-pyrrole nitrogens is 1. The molecule has 0 aromatic carbocycles. The van der Waals surface area contributed by atoms with Gasteiger partial charge in [-0.05, 0) is 18.9 Å². The van der Waals surface area contributed by atoms with Crippen molar-refractivity contribution in [2.75, 3.05) is 0 Å². The van der Waals surface area contributed by atoms with Crippen molar-refractivity contribution >= 4 is 0 Å². The number of aromatic amines is 1. The van der Waals surface area contributed by atoms with Crippen LogP contribution in [-0.4, -0.2) is 10.1 Å². The minimum atomic E-state index is -0.394.